The van der Waals surface area contributed by atoms with Crippen molar-refractivity contribution in [1.82, 2.24) is 5.32 Å². The van der Waals surface area contributed by atoms with E-state index in [0.29, 0.717) is 17.2 Å². The van der Waals surface area contributed by atoms with Crippen LogP contribution in [0.25, 0.3) is 0 Å². The molecule has 0 aromatic rings. The first-order valence-electron chi connectivity index (χ1n) is 6.67. The summed E-state index contributed by atoms with van der Waals surface area (Å²) in [6.45, 7) is 11.7. The minimum absolute atomic E-state index is 0.322. The lowest BCUT2D eigenvalue weighted by Crippen LogP contribution is -2.42. The minimum atomic E-state index is -0.683. The van der Waals surface area contributed by atoms with Crippen molar-refractivity contribution < 1.29 is 4.21 Å². The zero-order chi connectivity index (χ0) is 12.6. The highest BCUT2D eigenvalue weighted by Crippen LogP contribution is 2.15. The van der Waals surface area contributed by atoms with Gasteiger partial charge >= 0.3 is 0 Å². The van der Waals surface area contributed by atoms with E-state index < -0.39 is 10.8 Å². The number of rotatable bonds is 9. The zero-order valence-corrected chi connectivity index (χ0v) is 12.4. The highest BCUT2D eigenvalue weighted by Gasteiger charge is 2.24. The Hall–Kier alpha value is 0.110. The third-order valence-corrected chi connectivity index (χ3v) is 5.08. The van der Waals surface area contributed by atoms with Crippen LogP contribution in [0, 0.1) is 5.92 Å². The summed E-state index contributed by atoms with van der Waals surface area (Å²) in [7, 11) is -0.683. The van der Waals surface area contributed by atoms with E-state index in [2.05, 4.69) is 39.9 Å². The number of nitrogens with one attached hydrogen (secondary N) is 1. The highest BCUT2D eigenvalue weighted by atomic mass is 32.2. The van der Waals surface area contributed by atoms with Gasteiger partial charge in [0.15, 0.2) is 0 Å². The molecular weight excluding hydrogens is 218 g/mol. The summed E-state index contributed by atoms with van der Waals surface area (Å²) >= 11 is 0. The van der Waals surface area contributed by atoms with E-state index in [1.54, 1.807) is 0 Å². The Kier molecular flexibility index (Phi) is 9.24. The van der Waals surface area contributed by atoms with Crippen LogP contribution in [0.4, 0.5) is 0 Å². The molecule has 0 aliphatic carbocycles. The van der Waals surface area contributed by atoms with E-state index >= 15 is 0 Å². The van der Waals surface area contributed by atoms with E-state index in [9.17, 15) is 4.21 Å². The summed E-state index contributed by atoms with van der Waals surface area (Å²) in [5.41, 5.74) is 0. The van der Waals surface area contributed by atoms with Gasteiger partial charge in [-0.1, -0.05) is 41.0 Å². The first kappa shape index (κ1) is 16.1. The predicted octanol–water partition coefficient (Wildman–Crippen LogP) is 2.95. The van der Waals surface area contributed by atoms with Crippen LogP contribution in [0.15, 0.2) is 0 Å². The SMILES string of the molecule is CCCC(NCC)C(CC)S(=O)CC(C)C. The van der Waals surface area contributed by atoms with Gasteiger partial charge in [0.2, 0.25) is 0 Å². The normalized spacial score (nSPS) is 17.4. The molecule has 3 heteroatoms. The second-order valence-corrected chi connectivity index (χ2v) is 6.54. The lowest BCUT2D eigenvalue weighted by molar-refractivity contribution is 0.457. The van der Waals surface area contributed by atoms with Crippen LogP contribution in [-0.4, -0.2) is 27.8 Å². The second-order valence-electron chi connectivity index (χ2n) is 4.84. The molecule has 3 unspecified atom stereocenters. The molecule has 0 heterocycles. The maximum absolute atomic E-state index is 12.2. The molecule has 0 saturated heterocycles. The topological polar surface area (TPSA) is 29.1 Å². The molecule has 0 fully saturated rings. The van der Waals surface area contributed by atoms with Crippen LogP contribution < -0.4 is 5.32 Å². The van der Waals surface area contributed by atoms with Crippen molar-refractivity contribution in [2.75, 3.05) is 12.3 Å². The third kappa shape index (κ3) is 6.00. The van der Waals surface area contributed by atoms with Crippen LogP contribution in [0.5, 0.6) is 0 Å². The van der Waals surface area contributed by atoms with Gasteiger partial charge in [0.05, 0.1) is 0 Å². The van der Waals surface area contributed by atoms with Crippen molar-refractivity contribution in [3.63, 3.8) is 0 Å². The van der Waals surface area contributed by atoms with E-state index in [-0.39, 0.29) is 0 Å². The van der Waals surface area contributed by atoms with Crippen LogP contribution in [0.2, 0.25) is 0 Å². The average Bonchev–Trinajstić information content (AvgIpc) is 2.18. The first-order chi connectivity index (χ1) is 7.56. The number of hydrogen-bond donors (Lipinski definition) is 1. The van der Waals surface area contributed by atoms with Gasteiger partial charge in [-0.2, -0.15) is 0 Å². The summed E-state index contributed by atoms with van der Waals surface area (Å²) in [5, 5.41) is 3.82. The first-order valence-corrected chi connectivity index (χ1v) is 8.05. The molecular formula is C13H29NOS. The van der Waals surface area contributed by atoms with Gasteiger partial charge in [-0.3, -0.25) is 4.21 Å². The van der Waals surface area contributed by atoms with Gasteiger partial charge in [-0.05, 0) is 25.3 Å². The quantitative estimate of drug-likeness (QED) is 0.679. The molecule has 0 aromatic carbocycles. The van der Waals surface area contributed by atoms with Crippen molar-refractivity contribution in [2.24, 2.45) is 5.92 Å². The Morgan fingerprint density at radius 3 is 2.19 bits per heavy atom. The van der Waals surface area contributed by atoms with Gasteiger partial charge in [0.25, 0.3) is 0 Å². The fraction of sp³-hybridized carbons (Fsp3) is 1.00. The minimum Gasteiger partial charge on any atom is -0.313 e. The maximum Gasteiger partial charge on any atom is 0.0498 e. The summed E-state index contributed by atoms with van der Waals surface area (Å²) in [4.78, 5) is 0. The lowest BCUT2D eigenvalue weighted by atomic mass is 10.1. The van der Waals surface area contributed by atoms with Crippen molar-refractivity contribution in [3.8, 4) is 0 Å². The molecule has 98 valence electrons. The molecule has 0 aliphatic rings. The monoisotopic (exact) mass is 247 g/mol. The van der Waals surface area contributed by atoms with Gasteiger partial charge in [-0.15, -0.1) is 0 Å². The van der Waals surface area contributed by atoms with Gasteiger partial charge in [0.1, 0.15) is 0 Å². The third-order valence-electron chi connectivity index (χ3n) is 2.75. The zero-order valence-electron chi connectivity index (χ0n) is 11.6. The fourth-order valence-corrected chi connectivity index (χ4v) is 3.97. The molecule has 0 saturated carbocycles. The molecule has 3 atom stereocenters. The smallest absolute Gasteiger partial charge is 0.0498 e. The Morgan fingerprint density at radius 2 is 1.81 bits per heavy atom. The van der Waals surface area contributed by atoms with E-state index in [1.165, 1.54) is 0 Å². The molecule has 0 radical (unpaired) electrons. The van der Waals surface area contributed by atoms with E-state index in [4.69, 9.17) is 0 Å². The van der Waals surface area contributed by atoms with Crippen LogP contribution in [0.3, 0.4) is 0 Å². The van der Waals surface area contributed by atoms with E-state index in [0.717, 1.165) is 31.6 Å². The van der Waals surface area contributed by atoms with Crippen molar-refractivity contribution in [1.29, 1.82) is 0 Å². The largest absolute Gasteiger partial charge is 0.313 e. The lowest BCUT2D eigenvalue weighted by Gasteiger charge is -2.26. The fourth-order valence-electron chi connectivity index (χ4n) is 2.10. The van der Waals surface area contributed by atoms with Crippen LogP contribution in [0.1, 0.15) is 53.9 Å². The predicted molar refractivity (Wildman–Crippen MR) is 74.3 cm³/mol. The molecule has 0 bridgehead atoms. The average molecular weight is 247 g/mol. The standard InChI is InChI=1S/C13H29NOS/c1-6-9-12(14-8-3)13(7-2)16(15)10-11(4)5/h11-14H,6-10H2,1-5H3. The van der Waals surface area contributed by atoms with Crippen molar-refractivity contribution in [2.45, 2.75) is 65.2 Å². The molecule has 1 N–H and O–H groups in total. The highest BCUT2D eigenvalue weighted by molar-refractivity contribution is 7.85. The molecule has 0 aliphatic heterocycles. The molecule has 2 nitrogen and oxygen atoms in total. The Labute approximate surface area is 104 Å². The van der Waals surface area contributed by atoms with Gasteiger partial charge in [-0.25, -0.2) is 0 Å². The molecule has 0 spiro atoms. The van der Waals surface area contributed by atoms with Crippen LogP contribution >= 0.6 is 0 Å². The Bertz CT molecular complexity index is 188. The summed E-state index contributed by atoms with van der Waals surface area (Å²) in [5.74, 6) is 1.36. The van der Waals surface area contributed by atoms with Gasteiger partial charge < -0.3 is 5.32 Å². The Balaban J connectivity index is 4.44. The summed E-state index contributed by atoms with van der Waals surface area (Å²) < 4.78 is 12.2. The summed E-state index contributed by atoms with van der Waals surface area (Å²) in [6, 6.07) is 0.430. The van der Waals surface area contributed by atoms with Crippen LogP contribution in [-0.2, 0) is 10.8 Å². The molecule has 0 aromatic heterocycles. The number of hydrogen-bond acceptors (Lipinski definition) is 2. The maximum atomic E-state index is 12.2. The molecule has 0 amide bonds. The Morgan fingerprint density at radius 1 is 1.19 bits per heavy atom. The van der Waals surface area contributed by atoms with E-state index in [1.807, 2.05) is 0 Å². The molecule has 16 heavy (non-hydrogen) atoms. The van der Waals surface area contributed by atoms with Crippen molar-refractivity contribution in [3.05, 3.63) is 0 Å². The second kappa shape index (κ2) is 9.17. The van der Waals surface area contributed by atoms with Gasteiger partial charge in [0, 0.05) is 27.8 Å². The van der Waals surface area contributed by atoms with Crippen molar-refractivity contribution >= 4 is 10.8 Å². The molecule has 0 rings (SSSR count). The summed E-state index contributed by atoms with van der Waals surface area (Å²) in [6.07, 6.45) is 3.31.